The van der Waals surface area contributed by atoms with Crippen LogP contribution in [0.25, 0.3) is 0 Å². The van der Waals surface area contributed by atoms with Crippen LogP contribution in [-0.2, 0) is 6.54 Å². The largest absolute Gasteiger partial charge is 0.350 e. The van der Waals surface area contributed by atoms with Crippen molar-refractivity contribution in [1.29, 1.82) is 0 Å². The van der Waals surface area contributed by atoms with E-state index in [2.05, 4.69) is 10.4 Å². The van der Waals surface area contributed by atoms with Crippen LogP contribution in [0.1, 0.15) is 44.9 Å². The molecule has 1 aromatic heterocycles. The van der Waals surface area contributed by atoms with Gasteiger partial charge in [-0.25, -0.2) is 0 Å². The van der Waals surface area contributed by atoms with Gasteiger partial charge in [-0.1, -0.05) is 18.2 Å². The van der Waals surface area contributed by atoms with E-state index in [-0.39, 0.29) is 17.9 Å². The summed E-state index contributed by atoms with van der Waals surface area (Å²) in [6.07, 6.45) is 1.59. The normalized spacial score (nSPS) is 16.6. The molecule has 120 valence electrons. The van der Waals surface area contributed by atoms with Crippen molar-refractivity contribution in [2.24, 2.45) is 0 Å². The Morgan fingerprint density at radius 3 is 2.78 bits per heavy atom. The number of fused-ring (bicyclic) bond motifs is 1. The molecule has 2 amide bonds. The molecule has 1 unspecified atom stereocenters. The number of nitrogens with zero attached hydrogens (tertiary/aromatic N) is 3. The van der Waals surface area contributed by atoms with Gasteiger partial charge in [-0.15, -0.1) is 0 Å². The molecule has 1 N–H and O–H groups in total. The van der Waals surface area contributed by atoms with Gasteiger partial charge in [0.15, 0.2) is 0 Å². The highest BCUT2D eigenvalue weighted by Crippen LogP contribution is 2.31. The van der Waals surface area contributed by atoms with Crippen molar-refractivity contribution >= 4 is 11.8 Å². The van der Waals surface area contributed by atoms with E-state index in [0.29, 0.717) is 17.7 Å². The van der Waals surface area contributed by atoms with Crippen LogP contribution in [0.2, 0.25) is 0 Å². The van der Waals surface area contributed by atoms with Crippen molar-refractivity contribution in [3.8, 4) is 0 Å². The van der Waals surface area contributed by atoms with Gasteiger partial charge in [0.1, 0.15) is 0 Å². The number of aryl methyl sites for hydroxylation is 1. The Kier molecular flexibility index (Phi) is 3.90. The van der Waals surface area contributed by atoms with Crippen LogP contribution >= 0.6 is 0 Å². The molecule has 1 aromatic carbocycles. The predicted octanol–water partition coefficient (Wildman–Crippen LogP) is 1.77. The van der Waals surface area contributed by atoms with E-state index in [9.17, 15) is 9.59 Å². The Balaban J connectivity index is 1.74. The summed E-state index contributed by atoms with van der Waals surface area (Å²) >= 11 is 0. The third-order valence-electron chi connectivity index (χ3n) is 4.44. The quantitative estimate of drug-likeness (QED) is 0.935. The molecule has 3 rings (SSSR count). The standard InChI is InChI=1S/C17H20N4O2/c1-4-21-11(2)14(9-19-21)16(22)18-10-15-12-7-5-6-8-13(12)17(23)20(15)3/h5-9,15H,4,10H2,1-3H3,(H,18,22). The molecular formula is C17H20N4O2. The van der Waals surface area contributed by atoms with Gasteiger partial charge in [0.05, 0.1) is 17.8 Å². The van der Waals surface area contributed by atoms with Crippen LogP contribution in [0, 0.1) is 6.92 Å². The van der Waals surface area contributed by atoms with Gasteiger partial charge in [0.25, 0.3) is 11.8 Å². The summed E-state index contributed by atoms with van der Waals surface area (Å²) in [6.45, 7) is 4.98. The number of hydrogen-bond donors (Lipinski definition) is 1. The van der Waals surface area contributed by atoms with E-state index < -0.39 is 0 Å². The molecule has 23 heavy (non-hydrogen) atoms. The number of carbonyl (C=O) groups is 2. The average Bonchev–Trinajstić information content (AvgIpc) is 3.05. The lowest BCUT2D eigenvalue weighted by molar-refractivity contribution is 0.0760. The topological polar surface area (TPSA) is 67.2 Å². The lowest BCUT2D eigenvalue weighted by Gasteiger charge is -2.21. The van der Waals surface area contributed by atoms with E-state index >= 15 is 0 Å². The Morgan fingerprint density at radius 2 is 2.09 bits per heavy atom. The third-order valence-corrected chi connectivity index (χ3v) is 4.44. The number of carbonyl (C=O) groups excluding carboxylic acids is 2. The highest BCUT2D eigenvalue weighted by Gasteiger charge is 2.33. The lowest BCUT2D eigenvalue weighted by atomic mass is 10.0. The minimum absolute atomic E-state index is 0.00479. The Hall–Kier alpha value is -2.63. The first-order valence-corrected chi connectivity index (χ1v) is 7.71. The van der Waals surface area contributed by atoms with E-state index in [1.807, 2.05) is 38.1 Å². The van der Waals surface area contributed by atoms with Crippen LogP contribution < -0.4 is 5.32 Å². The first-order valence-electron chi connectivity index (χ1n) is 7.71. The van der Waals surface area contributed by atoms with Crippen molar-refractivity contribution in [2.45, 2.75) is 26.4 Å². The van der Waals surface area contributed by atoms with E-state index in [4.69, 9.17) is 0 Å². The first-order chi connectivity index (χ1) is 11.0. The van der Waals surface area contributed by atoms with Crippen LogP contribution in [0.15, 0.2) is 30.5 Å². The highest BCUT2D eigenvalue weighted by molar-refractivity contribution is 5.99. The Morgan fingerprint density at radius 1 is 1.35 bits per heavy atom. The van der Waals surface area contributed by atoms with Crippen LogP contribution in [0.5, 0.6) is 0 Å². The zero-order valence-corrected chi connectivity index (χ0v) is 13.5. The third kappa shape index (κ3) is 2.50. The second-order valence-corrected chi connectivity index (χ2v) is 5.69. The second-order valence-electron chi connectivity index (χ2n) is 5.69. The van der Waals surface area contributed by atoms with Gasteiger partial charge < -0.3 is 10.2 Å². The fraction of sp³-hybridized carbons (Fsp3) is 0.353. The molecule has 1 atom stereocenters. The van der Waals surface area contributed by atoms with Gasteiger partial charge in [0, 0.05) is 31.4 Å². The summed E-state index contributed by atoms with van der Waals surface area (Å²) in [5, 5.41) is 7.11. The predicted molar refractivity (Wildman–Crippen MR) is 86.2 cm³/mol. The van der Waals surface area contributed by atoms with Crippen molar-refractivity contribution in [2.75, 3.05) is 13.6 Å². The van der Waals surface area contributed by atoms with Crippen molar-refractivity contribution in [3.63, 3.8) is 0 Å². The number of amides is 2. The Labute approximate surface area is 135 Å². The van der Waals surface area contributed by atoms with E-state index in [1.54, 1.807) is 22.8 Å². The maximum absolute atomic E-state index is 12.4. The lowest BCUT2D eigenvalue weighted by Crippen LogP contribution is -2.34. The molecule has 0 aliphatic carbocycles. The number of nitrogens with one attached hydrogen (secondary N) is 1. The van der Waals surface area contributed by atoms with Crippen molar-refractivity contribution in [1.82, 2.24) is 20.0 Å². The van der Waals surface area contributed by atoms with Gasteiger partial charge in [0.2, 0.25) is 0 Å². The molecule has 0 saturated heterocycles. The fourth-order valence-electron chi connectivity index (χ4n) is 3.04. The Bertz CT molecular complexity index is 766. The van der Waals surface area contributed by atoms with Crippen molar-refractivity contribution in [3.05, 3.63) is 52.8 Å². The van der Waals surface area contributed by atoms with Crippen LogP contribution in [-0.4, -0.2) is 40.1 Å². The maximum atomic E-state index is 12.4. The van der Waals surface area contributed by atoms with Crippen LogP contribution in [0.3, 0.4) is 0 Å². The minimum Gasteiger partial charge on any atom is -0.350 e. The smallest absolute Gasteiger partial charge is 0.254 e. The van der Waals surface area contributed by atoms with Crippen LogP contribution in [0.4, 0.5) is 0 Å². The maximum Gasteiger partial charge on any atom is 0.254 e. The van der Waals surface area contributed by atoms with Crippen molar-refractivity contribution < 1.29 is 9.59 Å². The molecule has 6 nitrogen and oxygen atoms in total. The molecule has 0 spiro atoms. The minimum atomic E-state index is -0.160. The molecule has 2 heterocycles. The molecule has 0 saturated carbocycles. The van der Waals surface area contributed by atoms with Gasteiger partial charge >= 0.3 is 0 Å². The molecule has 0 fully saturated rings. The van der Waals surface area contributed by atoms with E-state index in [1.165, 1.54) is 0 Å². The number of hydrogen-bond acceptors (Lipinski definition) is 3. The molecule has 2 aromatic rings. The average molecular weight is 312 g/mol. The number of likely N-dealkylation sites (N-methyl/N-ethyl adjacent to an activating group) is 1. The monoisotopic (exact) mass is 312 g/mol. The zero-order chi connectivity index (χ0) is 16.6. The molecule has 6 heteroatoms. The second kappa shape index (κ2) is 5.87. The molecule has 0 bridgehead atoms. The summed E-state index contributed by atoms with van der Waals surface area (Å²) < 4.78 is 1.79. The van der Waals surface area contributed by atoms with Gasteiger partial charge in [-0.3, -0.25) is 14.3 Å². The summed E-state index contributed by atoms with van der Waals surface area (Å²) in [6, 6.07) is 7.40. The zero-order valence-electron chi connectivity index (χ0n) is 13.5. The first kappa shape index (κ1) is 15.3. The molecule has 1 aliphatic rings. The molecule has 0 radical (unpaired) electrons. The summed E-state index contributed by atoms with van der Waals surface area (Å²) in [5.74, 6) is -0.165. The number of aromatic nitrogens is 2. The SMILES string of the molecule is CCn1ncc(C(=O)NCC2c3ccccc3C(=O)N2C)c1C. The summed E-state index contributed by atoms with van der Waals surface area (Å²) in [7, 11) is 1.76. The number of benzene rings is 1. The van der Waals surface area contributed by atoms with E-state index in [0.717, 1.165) is 17.8 Å². The van der Waals surface area contributed by atoms with Gasteiger partial charge in [-0.05, 0) is 25.5 Å². The number of rotatable bonds is 4. The summed E-state index contributed by atoms with van der Waals surface area (Å²) in [5.41, 5.74) is 3.10. The highest BCUT2D eigenvalue weighted by atomic mass is 16.2. The molecular weight excluding hydrogens is 292 g/mol. The summed E-state index contributed by atoms with van der Waals surface area (Å²) in [4.78, 5) is 26.3. The van der Waals surface area contributed by atoms with Gasteiger partial charge in [-0.2, -0.15) is 5.10 Å². The fourth-order valence-corrected chi connectivity index (χ4v) is 3.04. The molecule has 1 aliphatic heterocycles.